The molecule has 1 fully saturated rings. The zero-order chi connectivity index (χ0) is 12.8. The summed E-state index contributed by atoms with van der Waals surface area (Å²) in [6.07, 6.45) is 1.94. The van der Waals surface area contributed by atoms with Crippen LogP contribution < -0.4 is 0 Å². The van der Waals surface area contributed by atoms with Gasteiger partial charge in [0.05, 0.1) is 25.1 Å². The quantitative estimate of drug-likeness (QED) is 0.712. The number of nitriles is 1. The average molecular weight is 239 g/mol. The number of aliphatic hydroxyl groups is 1. The molecule has 5 nitrogen and oxygen atoms in total. The summed E-state index contributed by atoms with van der Waals surface area (Å²) in [5.74, 6) is 0.565. The average Bonchev–Trinajstić information content (AvgIpc) is 2.23. The molecule has 1 aliphatic rings. The van der Waals surface area contributed by atoms with Crippen LogP contribution in [0.5, 0.6) is 0 Å². The summed E-state index contributed by atoms with van der Waals surface area (Å²) in [7, 11) is 3.64. The third-order valence-corrected chi connectivity index (χ3v) is 3.17. The Bertz CT molecular complexity index is 295. The highest BCUT2D eigenvalue weighted by Gasteiger charge is 2.28. The molecule has 5 heteroatoms. The first-order chi connectivity index (χ1) is 8.02. The van der Waals surface area contributed by atoms with Gasteiger partial charge >= 0.3 is 0 Å². The zero-order valence-corrected chi connectivity index (χ0v) is 10.6. The lowest BCUT2D eigenvalue weighted by atomic mass is 9.82. The van der Waals surface area contributed by atoms with E-state index in [2.05, 4.69) is 0 Å². The molecule has 0 spiro atoms. The number of rotatable bonds is 6. The van der Waals surface area contributed by atoms with Crippen molar-refractivity contribution in [3.63, 3.8) is 0 Å². The zero-order valence-electron chi connectivity index (χ0n) is 10.6. The highest BCUT2D eigenvalue weighted by molar-refractivity contribution is 5.77. The highest BCUT2D eigenvalue weighted by atomic mass is 16.3. The van der Waals surface area contributed by atoms with E-state index < -0.39 is 0 Å². The lowest BCUT2D eigenvalue weighted by Crippen LogP contribution is -2.42. The van der Waals surface area contributed by atoms with Crippen LogP contribution in [0.4, 0.5) is 0 Å². The molecule has 0 atom stereocenters. The van der Waals surface area contributed by atoms with Crippen molar-refractivity contribution in [2.75, 3.05) is 33.7 Å². The van der Waals surface area contributed by atoms with E-state index in [0.29, 0.717) is 25.4 Å². The molecule has 0 aromatic heterocycles. The molecular weight excluding hydrogens is 218 g/mol. The minimum Gasteiger partial charge on any atom is -0.393 e. The van der Waals surface area contributed by atoms with Crippen molar-refractivity contribution in [2.45, 2.75) is 25.4 Å². The van der Waals surface area contributed by atoms with Gasteiger partial charge in [-0.05, 0) is 25.8 Å². The van der Waals surface area contributed by atoms with Crippen molar-refractivity contribution in [3.8, 4) is 6.07 Å². The number of aliphatic hydroxyl groups excluding tert-OH is 1. The Kier molecular flexibility index (Phi) is 5.39. The third-order valence-electron chi connectivity index (χ3n) is 3.17. The molecule has 0 unspecified atom stereocenters. The van der Waals surface area contributed by atoms with E-state index >= 15 is 0 Å². The summed E-state index contributed by atoms with van der Waals surface area (Å²) in [5.41, 5.74) is 0. The molecule has 0 bridgehead atoms. The van der Waals surface area contributed by atoms with Gasteiger partial charge in [0, 0.05) is 20.1 Å². The van der Waals surface area contributed by atoms with Crippen LogP contribution in [0.1, 0.15) is 19.3 Å². The van der Waals surface area contributed by atoms with Crippen LogP contribution in [0.15, 0.2) is 0 Å². The van der Waals surface area contributed by atoms with Gasteiger partial charge in [-0.15, -0.1) is 0 Å². The Morgan fingerprint density at radius 2 is 2.12 bits per heavy atom. The monoisotopic (exact) mass is 239 g/mol. The molecule has 0 aliphatic heterocycles. The van der Waals surface area contributed by atoms with E-state index in [4.69, 9.17) is 5.26 Å². The Morgan fingerprint density at radius 1 is 1.47 bits per heavy atom. The maximum absolute atomic E-state index is 11.7. The first kappa shape index (κ1) is 13.9. The Morgan fingerprint density at radius 3 is 2.65 bits per heavy atom. The summed E-state index contributed by atoms with van der Waals surface area (Å²) in [5, 5.41) is 17.6. The van der Waals surface area contributed by atoms with Crippen LogP contribution in [0.25, 0.3) is 0 Å². The van der Waals surface area contributed by atoms with E-state index in [1.807, 2.05) is 18.0 Å². The van der Waals surface area contributed by atoms with Crippen LogP contribution in [0, 0.1) is 17.2 Å². The van der Waals surface area contributed by atoms with Gasteiger partial charge in [0.25, 0.3) is 0 Å². The van der Waals surface area contributed by atoms with Crippen LogP contribution in [0.3, 0.4) is 0 Å². The van der Waals surface area contributed by atoms with Gasteiger partial charge in [0.15, 0.2) is 0 Å². The fraction of sp³-hybridized carbons (Fsp3) is 0.833. The van der Waals surface area contributed by atoms with Gasteiger partial charge in [-0.3, -0.25) is 9.69 Å². The lowest BCUT2D eigenvalue weighted by molar-refractivity contribution is -0.131. The Hall–Kier alpha value is -1.12. The molecule has 0 aromatic rings. The minimum atomic E-state index is -0.137. The summed E-state index contributed by atoms with van der Waals surface area (Å²) < 4.78 is 0. The van der Waals surface area contributed by atoms with Crippen molar-refractivity contribution < 1.29 is 9.90 Å². The van der Waals surface area contributed by atoms with Crippen LogP contribution >= 0.6 is 0 Å². The van der Waals surface area contributed by atoms with E-state index in [0.717, 1.165) is 19.4 Å². The van der Waals surface area contributed by atoms with E-state index in [9.17, 15) is 9.90 Å². The summed E-state index contributed by atoms with van der Waals surface area (Å²) in [6.45, 7) is 1.73. The molecule has 1 N–H and O–H groups in total. The summed E-state index contributed by atoms with van der Waals surface area (Å²) in [4.78, 5) is 15.3. The topological polar surface area (TPSA) is 67.6 Å². The van der Waals surface area contributed by atoms with Crippen LogP contribution in [-0.2, 0) is 4.79 Å². The summed E-state index contributed by atoms with van der Waals surface area (Å²) in [6, 6.07) is 2.03. The number of carbonyl (C=O) groups is 1. The second-order valence-electron chi connectivity index (χ2n) is 4.91. The minimum absolute atomic E-state index is 0.0441. The van der Waals surface area contributed by atoms with Crippen molar-refractivity contribution in [1.29, 1.82) is 5.26 Å². The van der Waals surface area contributed by atoms with E-state index in [-0.39, 0.29) is 12.0 Å². The number of likely N-dealkylation sites (N-methyl/N-ethyl adjacent to an activating group) is 2. The molecule has 1 rings (SSSR count). The fourth-order valence-electron chi connectivity index (χ4n) is 2.05. The molecule has 0 aromatic carbocycles. The SMILES string of the molecule is CN(CC(=O)N(C)CCC#N)CC1CC(O)C1. The molecule has 96 valence electrons. The maximum Gasteiger partial charge on any atom is 0.236 e. The van der Waals surface area contributed by atoms with Crippen molar-refractivity contribution in [1.82, 2.24) is 9.80 Å². The standard InChI is InChI=1S/C12H21N3O2/c1-14(8-10-6-11(16)7-10)9-12(17)15(2)5-3-4-13/h10-11,16H,3,5-9H2,1-2H3. The predicted molar refractivity (Wildman–Crippen MR) is 64.1 cm³/mol. The lowest BCUT2D eigenvalue weighted by Gasteiger charge is -2.34. The number of hydrogen-bond acceptors (Lipinski definition) is 4. The third kappa shape index (κ3) is 4.72. The van der Waals surface area contributed by atoms with Crippen molar-refractivity contribution in [2.24, 2.45) is 5.92 Å². The molecule has 0 heterocycles. The molecule has 0 radical (unpaired) electrons. The normalized spacial score (nSPS) is 23.0. The number of hydrogen-bond donors (Lipinski definition) is 1. The molecule has 1 amide bonds. The van der Waals surface area contributed by atoms with Crippen LogP contribution in [0.2, 0.25) is 0 Å². The first-order valence-electron chi connectivity index (χ1n) is 6.00. The number of nitrogens with zero attached hydrogens (tertiary/aromatic N) is 3. The molecule has 1 aliphatic carbocycles. The van der Waals surface area contributed by atoms with E-state index in [1.165, 1.54) is 0 Å². The first-order valence-corrected chi connectivity index (χ1v) is 6.00. The van der Waals surface area contributed by atoms with Gasteiger partial charge in [-0.1, -0.05) is 0 Å². The van der Waals surface area contributed by atoms with Gasteiger partial charge in [-0.2, -0.15) is 5.26 Å². The summed E-state index contributed by atoms with van der Waals surface area (Å²) >= 11 is 0. The van der Waals surface area contributed by atoms with Gasteiger partial charge in [-0.25, -0.2) is 0 Å². The van der Waals surface area contributed by atoms with Gasteiger partial charge < -0.3 is 10.0 Å². The number of amides is 1. The van der Waals surface area contributed by atoms with Crippen molar-refractivity contribution in [3.05, 3.63) is 0 Å². The second kappa shape index (κ2) is 6.58. The fourth-order valence-corrected chi connectivity index (χ4v) is 2.05. The predicted octanol–water partition coefficient (Wildman–Crippen LogP) is 0.0612. The molecular formula is C12H21N3O2. The van der Waals surface area contributed by atoms with E-state index in [1.54, 1.807) is 11.9 Å². The second-order valence-corrected chi connectivity index (χ2v) is 4.91. The Labute approximate surface area is 103 Å². The van der Waals surface area contributed by atoms with Gasteiger partial charge in [0.1, 0.15) is 0 Å². The largest absolute Gasteiger partial charge is 0.393 e. The highest BCUT2D eigenvalue weighted by Crippen LogP contribution is 2.27. The maximum atomic E-state index is 11.7. The molecule has 1 saturated carbocycles. The van der Waals surface area contributed by atoms with Crippen LogP contribution in [-0.4, -0.2) is 60.6 Å². The smallest absolute Gasteiger partial charge is 0.236 e. The Balaban J connectivity index is 2.18. The van der Waals surface area contributed by atoms with Crippen molar-refractivity contribution >= 4 is 5.91 Å². The molecule has 0 saturated heterocycles. The number of carbonyl (C=O) groups excluding carboxylic acids is 1. The van der Waals surface area contributed by atoms with Gasteiger partial charge in [0.2, 0.25) is 5.91 Å². The molecule has 17 heavy (non-hydrogen) atoms.